The average molecular weight is 390 g/mol. The molecule has 1 N–H and O–H groups in total. The van der Waals surface area contributed by atoms with Crippen molar-refractivity contribution in [1.82, 2.24) is 10.3 Å². The van der Waals surface area contributed by atoms with Gasteiger partial charge in [-0.05, 0) is 47.9 Å². The van der Waals surface area contributed by atoms with E-state index in [4.69, 9.17) is 9.47 Å². The molecule has 0 fully saturated rings. The van der Waals surface area contributed by atoms with Gasteiger partial charge in [0.15, 0.2) is 0 Å². The Morgan fingerprint density at radius 3 is 2.52 bits per heavy atom. The lowest BCUT2D eigenvalue weighted by atomic mass is 10.1. The van der Waals surface area contributed by atoms with Crippen LogP contribution in [0.2, 0.25) is 0 Å². The summed E-state index contributed by atoms with van der Waals surface area (Å²) < 4.78 is 11.4. The fraction of sp³-hybridized carbons (Fsp3) is 0.250. The standard InChI is InChI=1S/C24H26N2O3/c1-18(2)16-28-22-10-8-19(9-11-22)15-26-24(27)21-6-3-7-23(13-21)29-17-20-5-4-12-25-14-20/h3-14,18H,15-17H2,1-2H3,(H,26,27). The van der Waals surface area contributed by atoms with Gasteiger partial charge in [-0.1, -0.05) is 38.1 Å². The number of benzene rings is 2. The van der Waals surface area contributed by atoms with E-state index in [2.05, 4.69) is 24.1 Å². The van der Waals surface area contributed by atoms with Gasteiger partial charge < -0.3 is 14.8 Å². The zero-order chi connectivity index (χ0) is 20.5. The van der Waals surface area contributed by atoms with Crippen LogP contribution in [0, 0.1) is 5.92 Å². The van der Waals surface area contributed by atoms with Gasteiger partial charge in [0.25, 0.3) is 5.91 Å². The minimum atomic E-state index is -0.142. The van der Waals surface area contributed by atoms with Gasteiger partial charge >= 0.3 is 0 Å². The molecule has 0 saturated heterocycles. The highest BCUT2D eigenvalue weighted by Crippen LogP contribution is 2.16. The van der Waals surface area contributed by atoms with E-state index in [0.29, 0.717) is 37.0 Å². The van der Waals surface area contributed by atoms with Crippen molar-refractivity contribution >= 4 is 5.91 Å². The SMILES string of the molecule is CC(C)COc1ccc(CNC(=O)c2cccc(OCc3cccnc3)c2)cc1. The van der Waals surface area contributed by atoms with Crippen molar-refractivity contribution in [2.45, 2.75) is 27.0 Å². The maximum absolute atomic E-state index is 12.5. The molecule has 29 heavy (non-hydrogen) atoms. The van der Waals surface area contributed by atoms with Crippen LogP contribution in [-0.4, -0.2) is 17.5 Å². The first-order chi connectivity index (χ1) is 14.1. The van der Waals surface area contributed by atoms with Crippen LogP contribution in [0.4, 0.5) is 0 Å². The Kier molecular flexibility index (Phi) is 7.22. The minimum absolute atomic E-state index is 0.142. The van der Waals surface area contributed by atoms with Gasteiger partial charge in [-0.25, -0.2) is 0 Å². The van der Waals surface area contributed by atoms with Gasteiger partial charge in [-0.15, -0.1) is 0 Å². The second-order valence-corrected chi connectivity index (χ2v) is 7.21. The smallest absolute Gasteiger partial charge is 0.251 e. The summed E-state index contributed by atoms with van der Waals surface area (Å²) in [6.07, 6.45) is 3.48. The Morgan fingerprint density at radius 2 is 1.79 bits per heavy atom. The van der Waals surface area contributed by atoms with Crippen LogP contribution < -0.4 is 14.8 Å². The van der Waals surface area contributed by atoms with E-state index in [1.165, 1.54) is 0 Å². The number of nitrogens with zero attached hydrogens (tertiary/aromatic N) is 1. The molecule has 0 aliphatic heterocycles. The van der Waals surface area contributed by atoms with Gasteiger partial charge in [0, 0.05) is 30.1 Å². The van der Waals surface area contributed by atoms with Crippen LogP contribution in [-0.2, 0) is 13.2 Å². The zero-order valence-electron chi connectivity index (χ0n) is 16.8. The highest BCUT2D eigenvalue weighted by atomic mass is 16.5. The first-order valence-electron chi connectivity index (χ1n) is 9.72. The summed E-state index contributed by atoms with van der Waals surface area (Å²) in [5.74, 6) is 1.83. The van der Waals surface area contributed by atoms with E-state index in [1.54, 1.807) is 24.5 Å². The first kappa shape index (κ1) is 20.4. The molecule has 1 aromatic heterocycles. The number of pyridine rings is 1. The second kappa shape index (κ2) is 10.3. The molecule has 2 aromatic carbocycles. The van der Waals surface area contributed by atoms with E-state index in [9.17, 15) is 4.79 Å². The molecular formula is C24H26N2O3. The van der Waals surface area contributed by atoms with Crippen molar-refractivity contribution in [2.24, 2.45) is 5.92 Å². The summed E-state index contributed by atoms with van der Waals surface area (Å²) in [5, 5.41) is 2.94. The molecule has 5 heteroatoms. The van der Waals surface area contributed by atoms with E-state index >= 15 is 0 Å². The number of hydrogen-bond acceptors (Lipinski definition) is 4. The molecule has 0 spiro atoms. The number of aromatic nitrogens is 1. The lowest BCUT2D eigenvalue weighted by Gasteiger charge is -2.10. The minimum Gasteiger partial charge on any atom is -0.493 e. The number of hydrogen-bond donors (Lipinski definition) is 1. The number of rotatable bonds is 9. The number of carbonyl (C=O) groups excluding carboxylic acids is 1. The predicted molar refractivity (Wildman–Crippen MR) is 113 cm³/mol. The summed E-state index contributed by atoms with van der Waals surface area (Å²) in [7, 11) is 0. The van der Waals surface area contributed by atoms with Crippen molar-refractivity contribution in [3.05, 3.63) is 89.7 Å². The van der Waals surface area contributed by atoms with Crippen LogP contribution in [0.3, 0.4) is 0 Å². The molecule has 0 radical (unpaired) electrons. The fourth-order valence-corrected chi connectivity index (χ4v) is 2.63. The summed E-state index contributed by atoms with van der Waals surface area (Å²) in [6, 6.07) is 18.8. The third-order valence-electron chi connectivity index (χ3n) is 4.18. The highest BCUT2D eigenvalue weighted by Gasteiger charge is 2.07. The molecular weight excluding hydrogens is 364 g/mol. The molecule has 0 aliphatic rings. The first-order valence-corrected chi connectivity index (χ1v) is 9.72. The molecule has 0 bridgehead atoms. The highest BCUT2D eigenvalue weighted by molar-refractivity contribution is 5.94. The molecule has 1 amide bonds. The average Bonchev–Trinajstić information content (AvgIpc) is 2.76. The molecule has 5 nitrogen and oxygen atoms in total. The molecule has 3 rings (SSSR count). The summed E-state index contributed by atoms with van der Waals surface area (Å²) >= 11 is 0. The largest absolute Gasteiger partial charge is 0.493 e. The lowest BCUT2D eigenvalue weighted by molar-refractivity contribution is 0.0950. The van der Waals surface area contributed by atoms with Gasteiger partial charge in [-0.2, -0.15) is 0 Å². The molecule has 0 unspecified atom stereocenters. The Balaban J connectivity index is 1.51. The van der Waals surface area contributed by atoms with E-state index < -0.39 is 0 Å². The van der Waals surface area contributed by atoms with Gasteiger partial charge in [-0.3, -0.25) is 9.78 Å². The predicted octanol–water partition coefficient (Wildman–Crippen LogP) is 4.63. The fourth-order valence-electron chi connectivity index (χ4n) is 2.63. The topological polar surface area (TPSA) is 60.5 Å². The summed E-state index contributed by atoms with van der Waals surface area (Å²) in [5.41, 5.74) is 2.55. The maximum atomic E-state index is 12.5. The van der Waals surface area contributed by atoms with Crippen LogP contribution in [0.15, 0.2) is 73.1 Å². The monoisotopic (exact) mass is 390 g/mol. The molecule has 1 heterocycles. The Bertz CT molecular complexity index is 909. The maximum Gasteiger partial charge on any atom is 0.251 e. The Morgan fingerprint density at radius 1 is 0.966 bits per heavy atom. The number of ether oxygens (including phenoxy) is 2. The molecule has 0 aliphatic carbocycles. The van der Waals surface area contributed by atoms with Crippen LogP contribution in [0.1, 0.15) is 35.3 Å². The van der Waals surface area contributed by atoms with Crippen LogP contribution >= 0.6 is 0 Å². The Labute approximate surface area is 171 Å². The van der Waals surface area contributed by atoms with Gasteiger partial charge in [0.2, 0.25) is 0 Å². The van der Waals surface area contributed by atoms with Crippen molar-refractivity contribution in [3.8, 4) is 11.5 Å². The van der Waals surface area contributed by atoms with Crippen molar-refractivity contribution in [3.63, 3.8) is 0 Å². The Hall–Kier alpha value is -3.34. The number of nitrogens with one attached hydrogen (secondary N) is 1. The van der Waals surface area contributed by atoms with Crippen molar-refractivity contribution in [2.75, 3.05) is 6.61 Å². The zero-order valence-corrected chi connectivity index (χ0v) is 16.8. The van der Waals surface area contributed by atoms with E-state index in [-0.39, 0.29) is 5.91 Å². The molecule has 0 atom stereocenters. The molecule has 0 saturated carbocycles. The van der Waals surface area contributed by atoms with Crippen molar-refractivity contribution in [1.29, 1.82) is 0 Å². The second-order valence-electron chi connectivity index (χ2n) is 7.21. The third-order valence-corrected chi connectivity index (χ3v) is 4.18. The molecule has 3 aromatic rings. The van der Waals surface area contributed by atoms with Gasteiger partial charge in [0.05, 0.1) is 6.61 Å². The summed E-state index contributed by atoms with van der Waals surface area (Å²) in [6.45, 7) is 5.77. The quantitative estimate of drug-likeness (QED) is 0.579. The van der Waals surface area contributed by atoms with Crippen LogP contribution in [0.25, 0.3) is 0 Å². The third kappa shape index (κ3) is 6.64. The van der Waals surface area contributed by atoms with E-state index in [1.807, 2.05) is 48.5 Å². The summed E-state index contributed by atoms with van der Waals surface area (Å²) in [4.78, 5) is 16.6. The normalized spacial score (nSPS) is 10.6. The number of carbonyl (C=O) groups is 1. The van der Waals surface area contributed by atoms with Crippen LogP contribution in [0.5, 0.6) is 11.5 Å². The van der Waals surface area contributed by atoms with Gasteiger partial charge in [0.1, 0.15) is 18.1 Å². The van der Waals surface area contributed by atoms with E-state index in [0.717, 1.165) is 16.9 Å². The lowest BCUT2D eigenvalue weighted by Crippen LogP contribution is -2.22. The number of amides is 1. The molecule has 150 valence electrons. The van der Waals surface area contributed by atoms with Crippen molar-refractivity contribution < 1.29 is 14.3 Å².